The minimum absolute atomic E-state index is 0.0694. The maximum absolute atomic E-state index is 13.0. The number of piperazine rings is 1. The molecular formula is C20H25F3N4O3S. The average Bonchev–Trinajstić information content (AvgIpc) is 3.16. The molecule has 0 bridgehead atoms. The van der Waals surface area contributed by atoms with Crippen molar-refractivity contribution in [1.82, 2.24) is 19.9 Å². The van der Waals surface area contributed by atoms with E-state index in [1.165, 1.54) is 11.8 Å². The Balaban J connectivity index is 1.45. The topological polar surface area (TPSA) is 71.7 Å². The van der Waals surface area contributed by atoms with Gasteiger partial charge < -0.3 is 14.2 Å². The number of amides is 1. The molecule has 7 nitrogen and oxygen atoms in total. The number of rotatable bonds is 9. The number of thioether (sulfide) groups is 1. The maximum atomic E-state index is 13.0. The van der Waals surface area contributed by atoms with Gasteiger partial charge in [0.25, 0.3) is 5.91 Å². The first-order valence-corrected chi connectivity index (χ1v) is 11.0. The van der Waals surface area contributed by atoms with Gasteiger partial charge in [0.15, 0.2) is 0 Å². The van der Waals surface area contributed by atoms with Crippen molar-refractivity contribution in [2.75, 3.05) is 45.9 Å². The van der Waals surface area contributed by atoms with Crippen LogP contribution in [0.3, 0.4) is 0 Å². The molecule has 0 aromatic carbocycles. The highest BCUT2D eigenvalue weighted by Crippen LogP contribution is 2.25. The predicted octanol–water partition coefficient (Wildman–Crippen LogP) is 3.40. The van der Waals surface area contributed by atoms with Crippen molar-refractivity contribution in [1.29, 1.82) is 0 Å². The van der Waals surface area contributed by atoms with Crippen LogP contribution in [0.2, 0.25) is 0 Å². The number of ether oxygens (including phenoxy) is 1. The minimum atomic E-state index is -4.29. The smallest absolute Gasteiger partial charge is 0.372 e. The van der Waals surface area contributed by atoms with Crippen LogP contribution in [0.25, 0.3) is 0 Å². The molecule has 11 heteroatoms. The zero-order valence-electron chi connectivity index (χ0n) is 17.2. The van der Waals surface area contributed by atoms with Gasteiger partial charge in [-0.1, -0.05) is 16.9 Å². The summed E-state index contributed by atoms with van der Waals surface area (Å²) in [5.41, 5.74) is 1.35. The lowest BCUT2D eigenvalue weighted by atomic mass is 10.2. The van der Waals surface area contributed by atoms with E-state index in [1.54, 1.807) is 23.2 Å². The van der Waals surface area contributed by atoms with Crippen molar-refractivity contribution in [3.63, 3.8) is 0 Å². The lowest BCUT2D eigenvalue weighted by Crippen LogP contribution is -2.49. The van der Waals surface area contributed by atoms with Crippen molar-refractivity contribution in [3.8, 4) is 0 Å². The van der Waals surface area contributed by atoms with Crippen molar-refractivity contribution in [2.24, 2.45) is 0 Å². The number of hydrogen-bond donors (Lipinski definition) is 0. The fourth-order valence-electron chi connectivity index (χ4n) is 3.22. The Kier molecular flexibility index (Phi) is 8.33. The molecule has 0 atom stereocenters. The molecule has 0 radical (unpaired) electrons. The van der Waals surface area contributed by atoms with Gasteiger partial charge in [-0.2, -0.15) is 13.2 Å². The second-order valence-corrected chi connectivity index (χ2v) is 8.19. The standard InChI is InChI=1S/C20H25F3N4O3S/c1-15-12-16(25-30-15)13-31-18-17(4-2-5-24-18)19(28)27-9-7-26(8-10-27)6-3-11-29-14-20(21,22)23/h2,4-5,12H,3,6-11,13-14H2,1H3. The van der Waals surface area contributed by atoms with Gasteiger partial charge in [-0.3, -0.25) is 9.69 Å². The molecule has 31 heavy (non-hydrogen) atoms. The summed E-state index contributed by atoms with van der Waals surface area (Å²) in [5, 5.41) is 4.61. The summed E-state index contributed by atoms with van der Waals surface area (Å²) in [5.74, 6) is 1.22. The molecular weight excluding hydrogens is 433 g/mol. The van der Waals surface area contributed by atoms with E-state index in [0.29, 0.717) is 55.5 Å². The third kappa shape index (κ3) is 7.51. The van der Waals surface area contributed by atoms with Crippen molar-refractivity contribution in [2.45, 2.75) is 30.3 Å². The maximum Gasteiger partial charge on any atom is 0.411 e. The summed E-state index contributed by atoms with van der Waals surface area (Å²) in [4.78, 5) is 21.3. The Bertz CT molecular complexity index is 854. The predicted molar refractivity (Wildman–Crippen MR) is 109 cm³/mol. The lowest BCUT2D eigenvalue weighted by molar-refractivity contribution is -0.174. The van der Waals surface area contributed by atoms with Crippen LogP contribution in [-0.2, 0) is 10.5 Å². The molecule has 0 aliphatic carbocycles. The Morgan fingerprint density at radius 2 is 2.06 bits per heavy atom. The monoisotopic (exact) mass is 458 g/mol. The normalized spacial score (nSPS) is 15.4. The quantitative estimate of drug-likeness (QED) is 0.421. The number of pyridine rings is 1. The third-order valence-electron chi connectivity index (χ3n) is 4.72. The minimum Gasteiger partial charge on any atom is -0.372 e. The summed E-state index contributed by atoms with van der Waals surface area (Å²) >= 11 is 1.44. The second kappa shape index (κ2) is 11.0. The van der Waals surface area contributed by atoms with Gasteiger partial charge in [-0.25, -0.2) is 4.98 Å². The Labute approximate surface area is 182 Å². The molecule has 1 aliphatic rings. The number of alkyl halides is 3. The zero-order chi connectivity index (χ0) is 22.3. The van der Waals surface area contributed by atoms with Gasteiger partial charge in [-0.05, 0) is 25.5 Å². The largest absolute Gasteiger partial charge is 0.411 e. The summed E-state index contributed by atoms with van der Waals surface area (Å²) in [6, 6.07) is 5.37. The van der Waals surface area contributed by atoms with E-state index in [4.69, 9.17) is 4.52 Å². The molecule has 1 aliphatic heterocycles. The van der Waals surface area contributed by atoms with Crippen LogP contribution in [0.15, 0.2) is 33.9 Å². The fourth-order valence-corrected chi connectivity index (χ4v) is 4.09. The highest BCUT2D eigenvalue weighted by molar-refractivity contribution is 7.98. The first kappa shape index (κ1) is 23.6. The first-order valence-electron chi connectivity index (χ1n) is 9.98. The zero-order valence-corrected chi connectivity index (χ0v) is 18.0. The molecule has 1 amide bonds. The van der Waals surface area contributed by atoms with E-state index >= 15 is 0 Å². The number of halogens is 3. The van der Waals surface area contributed by atoms with Gasteiger partial charge in [0.1, 0.15) is 17.4 Å². The highest BCUT2D eigenvalue weighted by Gasteiger charge is 2.27. The molecule has 0 saturated carbocycles. The molecule has 1 saturated heterocycles. The first-order chi connectivity index (χ1) is 14.8. The molecule has 2 aromatic rings. The highest BCUT2D eigenvalue weighted by atomic mass is 32.2. The Morgan fingerprint density at radius 1 is 1.29 bits per heavy atom. The number of carbonyl (C=O) groups excluding carboxylic acids is 1. The summed E-state index contributed by atoms with van der Waals surface area (Å²) in [7, 11) is 0. The van der Waals surface area contributed by atoms with Crippen LogP contribution in [0.4, 0.5) is 13.2 Å². The van der Waals surface area contributed by atoms with E-state index in [1.807, 2.05) is 13.0 Å². The van der Waals surface area contributed by atoms with Crippen LogP contribution in [-0.4, -0.2) is 78.0 Å². The van der Waals surface area contributed by atoms with Crippen LogP contribution >= 0.6 is 11.8 Å². The van der Waals surface area contributed by atoms with Gasteiger partial charge in [0.05, 0.1) is 11.3 Å². The van der Waals surface area contributed by atoms with Crippen molar-refractivity contribution >= 4 is 17.7 Å². The van der Waals surface area contributed by atoms with Crippen LogP contribution in [0.1, 0.15) is 28.2 Å². The van der Waals surface area contributed by atoms with Gasteiger partial charge in [0, 0.05) is 57.3 Å². The average molecular weight is 459 g/mol. The van der Waals surface area contributed by atoms with Crippen LogP contribution < -0.4 is 0 Å². The molecule has 170 valence electrons. The molecule has 2 aromatic heterocycles. The van der Waals surface area contributed by atoms with E-state index in [-0.39, 0.29) is 12.5 Å². The molecule has 0 N–H and O–H groups in total. The van der Waals surface area contributed by atoms with Crippen LogP contribution in [0.5, 0.6) is 0 Å². The number of hydrogen-bond acceptors (Lipinski definition) is 7. The fraction of sp³-hybridized carbons (Fsp3) is 0.550. The summed E-state index contributed by atoms with van der Waals surface area (Å²) in [6.45, 7) is 3.79. The van der Waals surface area contributed by atoms with Crippen molar-refractivity contribution < 1.29 is 27.2 Å². The van der Waals surface area contributed by atoms with Crippen molar-refractivity contribution in [3.05, 3.63) is 41.4 Å². The molecule has 1 fully saturated rings. The van der Waals surface area contributed by atoms with Crippen LogP contribution in [0, 0.1) is 6.92 Å². The second-order valence-electron chi connectivity index (χ2n) is 7.23. The summed E-state index contributed by atoms with van der Waals surface area (Å²) < 4.78 is 45.9. The number of nitrogens with zero attached hydrogens (tertiary/aromatic N) is 4. The third-order valence-corrected chi connectivity index (χ3v) is 5.76. The summed E-state index contributed by atoms with van der Waals surface area (Å²) in [6.07, 6.45) is -2.11. The molecule has 0 unspecified atom stereocenters. The number of aryl methyl sites for hydroxylation is 1. The van der Waals surface area contributed by atoms with Gasteiger partial charge in [-0.15, -0.1) is 0 Å². The molecule has 3 rings (SSSR count). The number of aromatic nitrogens is 2. The van der Waals surface area contributed by atoms with Gasteiger partial charge >= 0.3 is 6.18 Å². The lowest BCUT2D eigenvalue weighted by Gasteiger charge is -2.35. The van der Waals surface area contributed by atoms with E-state index in [9.17, 15) is 18.0 Å². The Morgan fingerprint density at radius 3 is 2.74 bits per heavy atom. The van der Waals surface area contributed by atoms with E-state index in [2.05, 4.69) is 19.8 Å². The Hall–Kier alpha value is -2.11. The van der Waals surface area contributed by atoms with E-state index in [0.717, 1.165) is 11.5 Å². The molecule has 3 heterocycles. The number of carbonyl (C=O) groups is 1. The SMILES string of the molecule is Cc1cc(CSc2ncccc2C(=O)N2CCN(CCCOCC(F)(F)F)CC2)no1. The molecule has 0 spiro atoms. The van der Waals surface area contributed by atoms with Gasteiger partial charge in [0.2, 0.25) is 0 Å². The van der Waals surface area contributed by atoms with E-state index < -0.39 is 12.8 Å².